The molecular weight excluding hydrogens is 350 g/mol. The van der Waals surface area contributed by atoms with Gasteiger partial charge in [0.15, 0.2) is 11.5 Å². The molecule has 1 saturated heterocycles. The van der Waals surface area contributed by atoms with E-state index in [0.29, 0.717) is 6.61 Å². The van der Waals surface area contributed by atoms with E-state index in [2.05, 4.69) is 59.4 Å². The highest BCUT2D eigenvalue weighted by Gasteiger charge is 2.52. The van der Waals surface area contributed by atoms with E-state index in [-0.39, 0.29) is 6.04 Å². The maximum Gasteiger partial charge on any atom is 0.200 e. The number of nitrogens with zero attached hydrogens (tertiary/aromatic N) is 3. The minimum Gasteiger partial charge on any atom is -0.490 e. The molecule has 0 aromatic heterocycles. The summed E-state index contributed by atoms with van der Waals surface area (Å²) in [5, 5.41) is 7.39. The highest BCUT2D eigenvalue weighted by molar-refractivity contribution is 6.02. The van der Waals surface area contributed by atoms with Gasteiger partial charge in [-0.05, 0) is 25.6 Å². The largest absolute Gasteiger partial charge is 0.490 e. The summed E-state index contributed by atoms with van der Waals surface area (Å²) in [6.45, 7) is 4.67. The molecule has 3 aliphatic rings. The second kappa shape index (κ2) is 6.82. The topological polar surface area (TPSA) is 37.3 Å². The minimum absolute atomic E-state index is 0.197. The van der Waals surface area contributed by atoms with Crippen LogP contribution >= 0.6 is 0 Å². The van der Waals surface area contributed by atoms with Gasteiger partial charge >= 0.3 is 0 Å². The van der Waals surface area contributed by atoms with Gasteiger partial charge in [-0.2, -0.15) is 5.10 Å². The van der Waals surface area contributed by atoms with Crippen molar-refractivity contribution in [2.75, 3.05) is 26.7 Å². The van der Waals surface area contributed by atoms with Gasteiger partial charge in [0.05, 0.1) is 18.4 Å². The molecule has 5 rings (SSSR count). The van der Waals surface area contributed by atoms with Crippen LogP contribution in [0.2, 0.25) is 0 Å². The zero-order chi connectivity index (χ0) is 19.1. The molecule has 28 heavy (non-hydrogen) atoms. The summed E-state index contributed by atoms with van der Waals surface area (Å²) < 4.78 is 12.7. The molecule has 146 valence electrons. The number of benzene rings is 2. The number of hydrogen-bond donors (Lipinski definition) is 0. The van der Waals surface area contributed by atoms with Crippen LogP contribution in [0.15, 0.2) is 53.6 Å². The average molecular weight is 377 g/mol. The standard InChI is InChI=1S/C23H27N3O2/c1-3-27-21-11-7-10-18-20-16-19(17-8-5-4-6-9-17)24-26(20)23(28-22(18)21)12-14-25(2)15-13-23/h4-11,20H,3,12-16H2,1-2H3/t20-/m1/s1. The minimum atomic E-state index is -0.395. The molecule has 3 aliphatic heterocycles. The fraction of sp³-hybridized carbons (Fsp3) is 0.435. The molecule has 1 spiro atoms. The van der Waals surface area contributed by atoms with Crippen molar-refractivity contribution >= 4 is 5.71 Å². The average Bonchev–Trinajstić information content (AvgIpc) is 3.19. The van der Waals surface area contributed by atoms with Crippen LogP contribution in [-0.4, -0.2) is 48.1 Å². The smallest absolute Gasteiger partial charge is 0.200 e. The third-order valence-corrected chi connectivity index (χ3v) is 6.16. The molecule has 2 aromatic rings. The van der Waals surface area contributed by atoms with Crippen molar-refractivity contribution in [3.8, 4) is 11.5 Å². The molecule has 5 nitrogen and oxygen atoms in total. The Morgan fingerprint density at radius 2 is 1.89 bits per heavy atom. The first-order valence-corrected chi connectivity index (χ1v) is 10.3. The Hall–Kier alpha value is -2.53. The zero-order valence-electron chi connectivity index (χ0n) is 16.6. The Labute approximate surface area is 166 Å². The first kappa shape index (κ1) is 17.6. The lowest BCUT2D eigenvalue weighted by Gasteiger charge is -2.51. The molecule has 0 unspecified atom stereocenters. The first-order chi connectivity index (χ1) is 13.7. The SMILES string of the molecule is CCOc1cccc2c1OC1(CCN(C)CC1)N1N=C(c3ccccc3)C[C@H]21. The van der Waals surface area contributed by atoms with E-state index in [0.717, 1.165) is 49.6 Å². The summed E-state index contributed by atoms with van der Waals surface area (Å²) in [5.41, 5.74) is 3.13. The van der Waals surface area contributed by atoms with Crippen LogP contribution in [0.5, 0.6) is 11.5 Å². The van der Waals surface area contributed by atoms with Crippen molar-refractivity contribution < 1.29 is 9.47 Å². The van der Waals surface area contributed by atoms with Gasteiger partial charge < -0.3 is 14.4 Å². The van der Waals surface area contributed by atoms with Gasteiger partial charge in [0.25, 0.3) is 0 Å². The quantitative estimate of drug-likeness (QED) is 0.809. The van der Waals surface area contributed by atoms with Gasteiger partial charge in [-0.3, -0.25) is 0 Å². The van der Waals surface area contributed by atoms with E-state index in [1.807, 2.05) is 13.0 Å². The number of likely N-dealkylation sites (tertiary alicyclic amines) is 1. The van der Waals surface area contributed by atoms with Crippen LogP contribution in [0.25, 0.3) is 0 Å². The molecule has 1 fully saturated rings. The lowest BCUT2D eigenvalue weighted by atomic mass is 9.90. The summed E-state index contributed by atoms with van der Waals surface area (Å²) in [6, 6.07) is 17.0. The van der Waals surface area contributed by atoms with Gasteiger partial charge in [0.2, 0.25) is 5.72 Å². The maximum absolute atomic E-state index is 6.76. The Kier molecular flexibility index (Phi) is 4.27. The molecular formula is C23H27N3O2. The van der Waals surface area contributed by atoms with Gasteiger partial charge in [-0.1, -0.05) is 42.5 Å². The van der Waals surface area contributed by atoms with Crippen LogP contribution in [-0.2, 0) is 0 Å². The van der Waals surface area contributed by atoms with E-state index in [1.54, 1.807) is 0 Å². The zero-order valence-corrected chi connectivity index (χ0v) is 16.6. The lowest BCUT2D eigenvalue weighted by Crippen LogP contribution is -2.58. The van der Waals surface area contributed by atoms with Crippen LogP contribution in [0.4, 0.5) is 0 Å². The van der Waals surface area contributed by atoms with Crippen molar-refractivity contribution in [1.29, 1.82) is 0 Å². The lowest BCUT2D eigenvalue weighted by molar-refractivity contribution is -0.148. The van der Waals surface area contributed by atoms with Crippen molar-refractivity contribution in [3.05, 3.63) is 59.7 Å². The molecule has 3 heterocycles. The second-order valence-corrected chi connectivity index (χ2v) is 7.94. The summed E-state index contributed by atoms with van der Waals surface area (Å²) in [6.07, 6.45) is 2.77. The molecule has 0 radical (unpaired) electrons. The van der Waals surface area contributed by atoms with Crippen molar-refractivity contribution in [2.45, 2.75) is 38.0 Å². The number of piperidine rings is 1. The molecule has 1 atom stereocenters. The van der Waals surface area contributed by atoms with E-state index in [9.17, 15) is 0 Å². The molecule has 0 bridgehead atoms. The Balaban J connectivity index is 1.60. The number of hydrogen-bond acceptors (Lipinski definition) is 5. The van der Waals surface area contributed by atoms with Crippen LogP contribution in [0, 0.1) is 0 Å². The van der Waals surface area contributed by atoms with Gasteiger partial charge in [0, 0.05) is 37.9 Å². The number of hydrazone groups is 1. The van der Waals surface area contributed by atoms with Crippen LogP contribution < -0.4 is 9.47 Å². The third kappa shape index (κ3) is 2.76. The second-order valence-electron chi connectivity index (χ2n) is 7.94. The van der Waals surface area contributed by atoms with Gasteiger partial charge in [-0.25, -0.2) is 5.01 Å². The number of para-hydroxylation sites is 1. The molecule has 5 heteroatoms. The summed E-state index contributed by atoms with van der Waals surface area (Å²) in [7, 11) is 2.18. The summed E-state index contributed by atoms with van der Waals surface area (Å²) in [5.74, 6) is 1.77. The van der Waals surface area contributed by atoms with Crippen molar-refractivity contribution in [2.24, 2.45) is 5.10 Å². The predicted octanol–water partition coefficient (Wildman–Crippen LogP) is 4.05. The molecule has 0 N–H and O–H groups in total. The van der Waals surface area contributed by atoms with Crippen LogP contribution in [0.3, 0.4) is 0 Å². The molecule has 0 aliphatic carbocycles. The van der Waals surface area contributed by atoms with E-state index in [1.165, 1.54) is 11.1 Å². The van der Waals surface area contributed by atoms with Gasteiger partial charge in [0.1, 0.15) is 0 Å². The maximum atomic E-state index is 6.76. The van der Waals surface area contributed by atoms with E-state index in [4.69, 9.17) is 14.6 Å². The van der Waals surface area contributed by atoms with E-state index >= 15 is 0 Å². The first-order valence-electron chi connectivity index (χ1n) is 10.3. The fourth-order valence-corrected chi connectivity index (χ4v) is 4.64. The molecule has 2 aromatic carbocycles. The van der Waals surface area contributed by atoms with Crippen molar-refractivity contribution in [3.63, 3.8) is 0 Å². The Bertz CT molecular complexity index is 888. The number of rotatable bonds is 3. The number of fused-ring (bicyclic) bond motifs is 4. The summed E-state index contributed by atoms with van der Waals surface area (Å²) in [4.78, 5) is 2.37. The normalized spacial score (nSPS) is 23.0. The van der Waals surface area contributed by atoms with Gasteiger partial charge in [-0.15, -0.1) is 0 Å². The highest BCUT2D eigenvalue weighted by atomic mass is 16.6. The number of ether oxygens (including phenoxy) is 2. The summed E-state index contributed by atoms with van der Waals surface area (Å²) >= 11 is 0. The van der Waals surface area contributed by atoms with Crippen LogP contribution in [0.1, 0.15) is 43.4 Å². The van der Waals surface area contributed by atoms with Crippen molar-refractivity contribution in [1.82, 2.24) is 9.91 Å². The third-order valence-electron chi connectivity index (χ3n) is 6.16. The predicted molar refractivity (Wildman–Crippen MR) is 110 cm³/mol. The monoisotopic (exact) mass is 377 g/mol. The Morgan fingerprint density at radius 3 is 2.64 bits per heavy atom. The fourth-order valence-electron chi connectivity index (χ4n) is 4.64. The highest BCUT2D eigenvalue weighted by Crippen LogP contribution is 2.52. The Morgan fingerprint density at radius 1 is 1.11 bits per heavy atom. The molecule has 0 saturated carbocycles. The molecule has 0 amide bonds. The van der Waals surface area contributed by atoms with E-state index < -0.39 is 5.72 Å².